The van der Waals surface area contributed by atoms with Gasteiger partial charge in [0.15, 0.2) is 0 Å². The number of hydroxylamine groups is 2. The molecule has 0 N–H and O–H groups in total. The van der Waals surface area contributed by atoms with E-state index in [1.165, 1.54) is 0 Å². The van der Waals surface area contributed by atoms with Gasteiger partial charge >= 0.3 is 7.25 Å². The maximum Gasteiger partial charge on any atom is 0.673 e. The Labute approximate surface area is 80.0 Å². The van der Waals surface area contributed by atoms with Crippen LogP contribution in [0.1, 0.15) is 6.92 Å². The average Bonchev–Trinajstić information content (AvgIpc) is 2.32. The first-order chi connectivity index (χ1) is 6.33. The molecule has 0 aromatic rings. The number of halogens is 4. The lowest BCUT2D eigenvalue weighted by Gasteiger charge is -2.15. The van der Waals surface area contributed by atoms with Crippen molar-refractivity contribution in [1.82, 2.24) is 9.96 Å². The van der Waals surface area contributed by atoms with Crippen molar-refractivity contribution in [3.63, 3.8) is 0 Å². The van der Waals surface area contributed by atoms with Crippen molar-refractivity contribution < 1.29 is 22.1 Å². The van der Waals surface area contributed by atoms with E-state index in [9.17, 15) is 17.3 Å². The summed E-state index contributed by atoms with van der Waals surface area (Å²) in [5.74, 6) is 0. The molecule has 84 valence electrons. The molecule has 8 heteroatoms. The zero-order valence-electron chi connectivity index (χ0n) is 7.96. The lowest BCUT2D eigenvalue weighted by atomic mass is 10.3. The molecule has 1 aliphatic heterocycles. The zero-order chi connectivity index (χ0) is 11.2. The molecule has 0 unspecified atom stereocenters. The maximum absolute atomic E-state index is 9.75. The van der Waals surface area contributed by atoms with E-state index in [0.717, 1.165) is 13.3 Å². The monoisotopic (exact) mass is 215 g/mol. The van der Waals surface area contributed by atoms with Gasteiger partial charge in [-0.2, -0.15) is 0 Å². The van der Waals surface area contributed by atoms with Gasteiger partial charge in [-0.25, -0.2) is 5.06 Å². The van der Waals surface area contributed by atoms with E-state index in [0.29, 0.717) is 0 Å². The molecule has 1 heterocycles. The van der Waals surface area contributed by atoms with Crippen LogP contribution in [0.4, 0.5) is 17.3 Å². The molecule has 0 atom stereocenters. The van der Waals surface area contributed by atoms with Gasteiger partial charge < -0.3 is 22.2 Å². The minimum Gasteiger partial charge on any atom is -0.418 e. The highest BCUT2D eigenvalue weighted by molar-refractivity contribution is 6.50. The first kappa shape index (κ1) is 13.1. The highest BCUT2D eigenvalue weighted by Gasteiger charge is 2.20. The van der Waals surface area contributed by atoms with Crippen LogP contribution < -0.4 is 0 Å². The first-order valence-electron chi connectivity index (χ1n) is 3.98. The van der Waals surface area contributed by atoms with Gasteiger partial charge in [0.2, 0.25) is 0 Å². The van der Waals surface area contributed by atoms with Crippen LogP contribution in [-0.4, -0.2) is 37.5 Å². The van der Waals surface area contributed by atoms with Crippen molar-refractivity contribution in [2.24, 2.45) is 0 Å². The Hall–Kier alpha value is -0.915. The van der Waals surface area contributed by atoms with Crippen LogP contribution in [0.3, 0.4) is 0 Å². The van der Waals surface area contributed by atoms with Crippen LogP contribution in [0.15, 0.2) is 12.4 Å². The molecule has 1 aliphatic rings. The van der Waals surface area contributed by atoms with Crippen LogP contribution in [0, 0.1) is 0 Å². The summed E-state index contributed by atoms with van der Waals surface area (Å²) in [6.45, 7) is 3.55. The van der Waals surface area contributed by atoms with Gasteiger partial charge in [0.05, 0.1) is 6.61 Å². The topological polar surface area (TPSA) is 15.7 Å². The normalized spacial score (nSPS) is 15.6. The molecular weight excluding hydrogens is 203 g/mol. The van der Waals surface area contributed by atoms with Crippen LogP contribution in [0.5, 0.6) is 0 Å². The van der Waals surface area contributed by atoms with Crippen molar-refractivity contribution in [2.75, 3.05) is 20.3 Å². The Balaban J connectivity index is 0.000000292. The molecular formula is C6H12BF4N2O-. The van der Waals surface area contributed by atoms with Crippen LogP contribution in [0.25, 0.3) is 0 Å². The highest BCUT2D eigenvalue weighted by atomic mass is 19.5. The Morgan fingerprint density at radius 1 is 1.29 bits per heavy atom. The quantitative estimate of drug-likeness (QED) is 0.516. The second-order valence-corrected chi connectivity index (χ2v) is 2.53. The van der Waals surface area contributed by atoms with E-state index >= 15 is 0 Å². The third kappa shape index (κ3) is 9.18. The summed E-state index contributed by atoms with van der Waals surface area (Å²) in [6, 6.07) is 0. The maximum atomic E-state index is 9.75. The Bertz CT molecular complexity index is 181. The fourth-order valence-corrected chi connectivity index (χ4v) is 0.752. The fraction of sp³-hybridized carbons (Fsp3) is 0.667. The number of hydrogen-bond donors (Lipinski definition) is 0. The molecule has 0 amide bonds. The van der Waals surface area contributed by atoms with Crippen molar-refractivity contribution in [3.8, 4) is 0 Å². The van der Waals surface area contributed by atoms with Crippen LogP contribution >= 0.6 is 0 Å². The third-order valence-corrected chi connectivity index (χ3v) is 1.14. The average molecular weight is 215 g/mol. The van der Waals surface area contributed by atoms with Gasteiger partial charge in [-0.05, 0) is 6.92 Å². The van der Waals surface area contributed by atoms with Gasteiger partial charge in [-0.1, -0.05) is 0 Å². The van der Waals surface area contributed by atoms with Gasteiger partial charge in [-0.15, -0.1) is 0 Å². The molecule has 0 aromatic carbocycles. The predicted molar refractivity (Wildman–Crippen MR) is 45.4 cm³/mol. The Morgan fingerprint density at radius 2 is 1.79 bits per heavy atom. The standard InChI is InChI=1S/C6H12N2O.BF4/c1-3-9-8-5-4-7(2)6-8;2-1(3,4)5/h4-5H,3,6H2,1-2H3;/q;-1. The summed E-state index contributed by atoms with van der Waals surface area (Å²) < 4.78 is 39.0. The van der Waals surface area contributed by atoms with Crippen LogP contribution in [-0.2, 0) is 4.84 Å². The van der Waals surface area contributed by atoms with Gasteiger partial charge in [0.1, 0.15) is 6.67 Å². The van der Waals surface area contributed by atoms with E-state index in [1.807, 2.05) is 26.4 Å². The minimum atomic E-state index is -6.00. The Morgan fingerprint density at radius 3 is 2.07 bits per heavy atom. The molecule has 3 nitrogen and oxygen atoms in total. The Kier molecular flexibility index (Phi) is 5.36. The van der Waals surface area contributed by atoms with E-state index in [1.54, 1.807) is 5.06 Å². The molecule has 0 aromatic heterocycles. The summed E-state index contributed by atoms with van der Waals surface area (Å²) in [5.41, 5.74) is 0. The molecule has 0 aliphatic carbocycles. The largest absolute Gasteiger partial charge is 0.673 e. The van der Waals surface area contributed by atoms with E-state index < -0.39 is 7.25 Å². The van der Waals surface area contributed by atoms with Crippen molar-refractivity contribution in [3.05, 3.63) is 12.4 Å². The van der Waals surface area contributed by atoms with E-state index in [2.05, 4.69) is 4.90 Å². The molecule has 14 heavy (non-hydrogen) atoms. The van der Waals surface area contributed by atoms with Crippen LogP contribution in [0.2, 0.25) is 0 Å². The first-order valence-corrected chi connectivity index (χ1v) is 3.98. The van der Waals surface area contributed by atoms with Gasteiger partial charge in [-0.3, -0.25) is 4.84 Å². The summed E-state index contributed by atoms with van der Waals surface area (Å²) in [4.78, 5) is 7.23. The summed E-state index contributed by atoms with van der Waals surface area (Å²) >= 11 is 0. The molecule has 0 spiro atoms. The molecule has 0 radical (unpaired) electrons. The molecule has 0 fully saturated rings. The minimum absolute atomic E-state index is 0.734. The highest BCUT2D eigenvalue weighted by Crippen LogP contribution is 2.06. The van der Waals surface area contributed by atoms with Gasteiger partial charge in [0.25, 0.3) is 0 Å². The summed E-state index contributed by atoms with van der Waals surface area (Å²) in [6.07, 6.45) is 3.90. The molecule has 0 saturated carbocycles. The molecule has 0 bridgehead atoms. The lowest BCUT2D eigenvalue weighted by molar-refractivity contribution is -0.121. The number of rotatable bonds is 2. The fourth-order valence-electron chi connectivity index (χ4n) is 0.752. The summed E-state index contributed by atoms with van der Waals surface area (Å²) in [5, 5.41) is 1.81. The van der Waals surface area contributed by atoms with Crippen molar-refractivity contribution in [1.29, 1.82) is 0 Å². The summed E-state index contributed by atoms with van der Waals surface area (Å²) in [7, 11) is -3.99. The second-order valence-electron chi connectivity index (χ2n) is 2.53. The van der Waals surface area contributed by atoms with Crippen molar-refractivity contribution >= 4 is 7.25 Å². The number of hydrogen-bond acceptors (Lipinski definition) is 3. The SMILES string of the molecule is CCON1C=CN(C)C1.F[B-](F)(F)F. The van der Waals surface area contributed by atoms with Gasteiger partial charge in [0, 0.05) is 19.4 Å². The second kappa shape index (κ2) is 5.74. The predicted octanol–water partition coefficient (Wildman–Crippen LogP) is 1.91. The smallest absolute Gasteiger partial charge is 0.418 e. The van der Waals surface area contributed by atoms with E-state index in [4.69, 9.17) is 4.84 Å². The van der Waals surface area contributed by atoms with E-state index in [-0.39, 0.29) is 0 Å². The lowest BCUT2D eigenvalue weighted by Crippen LogP contribution is -2.22. The van der Waals surface area contributed by atoms with Crippen molar-refractivity contribution in [2.45, 2.75) is 6.92 Å². The zero-order valence-corrected chi connectivity index (χ0v) is 7.96. The number of nitrogens with zero attached hydrogens (tertiary/aromatic N) is 2. The molecule has 0 saturated heterocycles. The third-order valence-electron chi connectivity index (χ3n) is 1.14. The molecule has 1 rings (SSSR count).